The van der Waals surface area contributed by atoms with Crippen molar-refractivity contribution in [1.29, 1.82) is 0 Å². The number of anilines is 3. The van der Waals surface area contributed by atoms with Gasteiger partial charge in [-0.3, -0.25) is 19.8 Å². The Labute approximate surface area is 180 Å². The SMILES string of the molecule is CN1NC(=O)C2(CCCCC2)n2c1cc1cnc(Nc3ccc(S(C)(=O)=O)cc3)nc12. The van der Waals surface area contributed by atoms with E-state index in [1.807, 2.05) is 13.1 Å². The maximum Gasteiger partial charge on any atom is 0.264 e. The summed E-state index contributed by atoms with van der Waals surface area (Å²) in [6.07, 6.45) is 7.61. The molecule has 1 saturated carbocycles. The minimum Gasteiger partial charge on any atom is -0.324 e. The number of rotatable bonds is 3. The number of hydrazine groups is 1. The third-order valence-electron chi connectivity index (χ3n) is 6.20. The van der Waals surface area contributed by atoms with Gasteiger partial charge < -0.3 is 5.32 Å². The molecule has 3 heterocycles. The van der Waals surface area contributed by atoms with E-state index in [0.29, 0.717) is 17.3 Å². The molecule has 1 spiro atoms. The van der Waals surface area contributed by atoms with Gasteiger partial charge in [0.25, 0.3) is 5.91 Å². The molecular formula is C21H24N6O3S. The van der Waals surface area contributed by atoms with Crippen molar-refractivity contribution in [2.24, 2.45) is 0 Å². The summed E-state index contributed by atoms with van der Waals surface area (Å²) >= 11 is 0. The van der Waals surface area contributed by atoms with Crippen LogP contribution in [0.2, 0.25) is 0 Å². The van der Waals surface area contributed by atoms with Crippen molar-refractivity contribution in [1.82, 2.24) is 20.0 Å². The normalized spacial score (nSPS) is 18.1. The second-order valence-electron chi connectivity index (χ2n) is 8.32. The van der Waals surface area contributed by atoms with Crippen LogP contribution in [-0.4, -0.2) is 42.2 Å². The van der Waals surface area contributed by atoms with Gasteiger partial charge in [0, 0.05) is 30.6 Å². The first-order valence-corrected chi connectivity index (χ1v) is 12.2. The smallest absolute Gasteiger partial charge is 0.264 e. The Kier molecular flexibility index (Phi) is 4.44. The lowest BCUT2D eigenvalue weighted by atomic mass is 9.80. The standard InChI is InChI=1S/C21H24N6O3S/c1-26-17-12-14-13-22-20(23-15-6-8-16(9-7-15)31(2,29)30)24-18(14)27(17)21(19(28)25-26)10-4-3-5-11-21/h6-9,12-13H,3-5,10-11H2,1-2H3,(H,25,28)(H,22,23,24). The van der Waals surface area contributed by atoms with Crippen molar-refractivity contribution in [3.05, 3.63) is 36.5 Å². The summed E-state index contributed by atoms with van der Waals surface area (Å²) in [5.74, 6) is 1.28. The summed E-state index contributed by atoms with van der Waals surface area (Å²) in [5, 5.41) is 5.74. The highest BCUT2D eigenvalue weighted by atomic mass is 32.2. The van der Waals surface area contributed by atoms with Gasteiger partial charge in [0.1, 0.15) is 17.0 Å². The molecule has 1 aromatic carbocycles. The third-order valence-corrected chi connectivity index (χ3v) is 7.33. The first-order valence-electron chi connectivity index (χ1n) is 10.3. The first kappa shape index (κ1) is 19.8. The quantitative estimate of drug-likeness (QED) is 0.644. The zero-order chi connectivity index (χ0) is 21.8. The van der Waals surface area contributed by atoms with Crippen LogP contribution in [0.4, 0.5) is 17.5 Å². The predicted octanol–water partition coefficient (Wildman–Crippen LogP) is 2.72. The van der Waals surface area contributed by atoms with Crippen molar-refractivity contribution >= 4 is 44.2 Å². The van der Waals surface area contributed by atoms with E-state index >= 15 is 0 Å². The van der Waals surface area contributed by atoms with Gasteiger partial charge in [-0.15, -0.1) is 0 Å². The van der Waals surface area contributed by atoms with Crippen molar-refractivity contribution < 1.29 is 13.2 Å². The highest BCUT2D eigenvalue weighted by Gasteiger charge is 2.47. The van der Waals surface area contributed by atoms with Crippen LogP contribution in [0.25, 0.3) is 11.0 Å². The Morgan fingerprint density at radius 2 is 1.84 bits per heavy atom. The predicted molar refractivity (Wildman–Crippen MR) is 118 cm³/mol. The van der Waals surface area contributed by atoms with Crippen LogP contribution in [0.5, 0.6) is 0 Å². The number of benzene rings is 1. The summed E-state index contributed by atoms with van der Waals surface area (Å²) in [4.78, 5) is 22.5. The largest absolute Gasteiger partial charge is 0.324 e. The van der Waals surface area contributed by atoms with Crippen molar-refractivity contribution in [2.45, 2.75) is 42.5 Å². The Morgan fingerprint density at radius 3 is 2.52 bits per heavy atom. The molecule has 0 saturated heterocycles. The molecule has 0 atom stereocenters. The Balaban J connectivity index is 1.57. The first-order chi connectivity index (χ1) is 14.8. The zero-order valence-electron chi connectivity index (χ0n) is 17.4. The van der Waals surface area contributed by atoms with Gasteiger partial charge in [-0.25, -0.2) is 13.4 Å². The van der Waals surface area contributed by atoms with Gasteiger partial charge in [0.05, 0.1) is 4.90 Å². The van der Waals surface area contributed by atoms with Gasteiger partial charge in [-0.2, -0.15) is 4.98 Å². The molecule has 1 amide bonds. The lowest BCUT2D eigenvalue weighted by Crippen LogP contribution is -2.59. The van der Waals surface area contributed by atoms with Crippen LogP contribution in [-0.2, 0) is 20.2 Å². The molecule has 162 valence electrons. The molecule has 9 nitrogen and oxygen atoms in total. The van der Waals surface area contributed by atoms with Crippen molar-refractivity contribution in [3.8, 4) is 0 Å². The molecule has 10 heteroatoms. The third kappa shape index (κ3) is 3.21. The summed E-state index contributed by atoms with van der Waals surface area (Å²) < 4.78 is 25.4. The van der Waals surface area contributed by atoms with E-state index in [1.165, 1.54) is 6.26 Å². The van der Waals surface area contributed by atoms with Gasteiger partial charge in [0.15, 0.2) is 9.84 Å². The topological polar surface area (TPSA) is 109 Å². The highest BCUT2D eigenvalue weighted by Crippen LogP contribution is 2.43. The van der Waals surface area contributed by atoms with Crippen molar-refractivity contribution in [3.63, 3.8) is 0 Å². The maximum atomic E-state index is 13.1. The molecule has 1 aliphatic carbocycles. The molecule has 2 aromatic heterocycles. The average Bonchev–Trinajstić information content (AvgIpc) is 3.13. The number of hydrogen-bond acceptors (Lipinski definition) is 7. The van der Waals surface area contributed by atoms with Crippen LogP contribution in [0.3, 0.4) is 0 Å². The zero-order valence-corrected chi connectivity index (χ0v) is 18.2. The number of nitrogens with zero attached hydrogens (tertiary/aromatic N) is 4. The second-order valence-corrected chi connectivity index (χ2v) is 10.3. The van der Waals surface area contributed by atoms with Crippen LogP contribution in [0, 0.1) is 0 Å². The van der Waals surface area contributed by atoms with Gasteiger partial charge in [-0.05, 0) is 43.2 Å². The molecule has 0 unspecified atom stereocenters. The molecule has 2 aliphatic rings. The van der Waals surface area contributed by atoms with E-state index in [1.54, 1.807) is 35.5 Å². The summed E-state index contributed by atoms with van der Waals surface area (Å²) in [6.45, 7) is 0. The van der Waals surface area contributed by atoms with Crippen molar-refractivity contribution in [2.75, 3.05) is 23.6 Å². The van der Waals surface area contributed by atoms with E-state index in [-0.39, 0.29) is 10.8 Å². The van der Waals surface area contributed by atoms with Crippen LogP contribution < -0.4 is 15.8 Å². The van der Waals surface area contributed by atoms with Crippen LogP contribution in [0.15, 0.2) is 41.4 Å². The molecule has 3 aromatic rings. The Hall–Kier alpha value is -3.14. The number of hydrogen-bond donors (Lipinski definition) is 2. The lowest BCUT2D eigenvalue weighted by Gasteiger charge is -2.44. The number of carbonyl (C=O) groups excluding carboxylic acids is 1. The summed E-state index contributed by atoms with van der Waals surface area (Å²) in [6, 6.07) is 8.45. The maximum absolute atomic E-state index is 13.1. The molecule has 31 heavy (non-hydrogen) atoms. The molecule has 5 rings (SSSR count). The fraction of sp³-hybridized carbons (Fsp3) is 0.381. The number of fused-ring (bicyclic) bond motifs is 4. The fourth-order valence-electron chi connectivity index (χ4n) is 4.62. The molecular weight excluding hydrogens is 416 g/mol. The fourth-order valence-corrected chi connectivity index (χ4v) is 5.25. The van der Waals surface area contributed by atoms with E-state index < -0.39 is 15.4 Å². The van der Waals surface area contributed by atoms with Crippen LogP contribution >= 0.6 is 0 Å². The number of nitrogens with one attached hydrogen (secondary N) is 2. The minimum absolute atomic E-state index is 0.00388. The van der Waals surface area contributed by atoms with Gasteiger partial charge >= 0.3 is 0 Å². The van der Waals surface area contributed by atoms with Gasteiger partial charge in [0.2, 0.25) is 5.95 Å². The minimum atomic E-state index is -3.26. The second kappa shape index (κ2) is 6.94. The average molecular weight is 441 g/mol. The molecule has 0 bridgehead atoms. The number of aromatic nitrogens is 3. The van der Waals surface area contributed by atoms with Crippen LogP contribution in [0.1, 0.15) is 32.1 Å². The summed E-state index contributed by atoms with van der Waals surface area (Å²) in [5.41, 5.74) is 3.75. The molecule has 0 radical (unpaired) electrons. The number of sulfone groups is 1. The Morgan fingerprint density at radius 1 is 1.13 bits per heavy atom. The van der Waals surface area contributed by atoms with Gasteiger partial charge in [-0.1, -0.05) is 19.3 Å². The molecule has 1 aliphatic heterocycles. The summed E-state index contributed by atoms with van der Waals surface area (Å²) in [7, 11) is -1.43. The lowest BCUT2D eigenvalue weighted by molar-refractivity contribution is -0.132. The molecule has 1 fully saturated rings. The Bertz CT molecular complexity index is 1280. The monoisotopic (exact) mass is 440 g/mol. The van der Waals surface area contributed by atoms with E-state index in [0.717, 1.165) is 43.3 Å². The number of amides is 1. The highest BCUT2D eigenvalue weighted by molar-refractivity contribution is 7.90. The molecule has 2 N–H and O–H groups in total. The van der Waals surface area contributed by atoms with E-state index in [9.17, 15) is 13.2 Å². The van der Waals surface area contributed by atoms with E-state index in [2.05, 4.69) is 20.3 Å². The van der Waals surface area contributed by atoms with E-state index in [4.69, 9.17) is 4.98 Å². The number of carbonyl (C=O) groups is 1.